The number of anilines is 1. The average molecular weight is 572 g/mol. The van der Waals surface area contributed by atoms with Crippen LogP contribution in [-0.2, 0) is 18.4 Å². The van der Waals surface area contributed by atoms with Gasteiger partial charge >= 0.3 is 5.69 Å². The number of H-pyrrole nitrogens is 1. The number of aromatic amines is 1. The van der Waals surface area contributed by atoms with Crippen molar-refractivity contribution in [3.8, 4) is 22.4 Å². The van der Waals surface area contributed by atoms with Crippen molar-refractivity contribution in [2.45, 2.75) is 32.4 Å². The normalized spacial score (nSPS) is 14.5. The van der Waals surface area contributed by atoms with E-state index in [0.717, 1.165) is 71.3 Å². The Labute approximate surface area is 248 Å². The Morgan fingerprint density at radius 3 is 2.42 bits per heavy atom. The maximum atomic E-state index is 12.7. The smallest absolute Gasteiger partial charge is 0.309 e. The third-order valence-electron chi connectivity index (χ3n) is 8.37. The number of carbonyl (C=O) groups is 1. The predicted molar refractivity (Wildman–Crippen MR) is 170 cm³/mol. The van der Waals surface area contributed by atoms with Gasteiger partial charge in [0.25, 0.3) is 0 Å². The topological polar surface area (TPSA) is 101 Å². The molecule has 3 aromatic carbocycles. The van der Waals surface area contributed by atoms with Crippen molar-refractivity contribution in [1.29, 1.82) is 0 Å². The van der Waals surface area contributed by atoms with Crippen molar-refractivity contribution in [2.24, 2.45) is 7.05 Å². The molecule has 0 spiro atoms. The van der Waals surface area contributed by atoms with E-state index in [4.69, 9.17) is 4.98 Å². The third-order valence-corrected chi connectivity index (χ3v) is 8.37. The van der Waals surface area contributed by atoms with Crippen LogP contribution in [0.2, 0.25) is 0 Å². The molecule has 2 N–H and O–H groups in total. The van der Waals surface area contributed by atoms with E-state index in [-0.39, 0.29) is 17.6 Å². The lowest BCUT2D eigenvalue weighted by molar-refractivity contribution is -0.114. The number of imidazole rings is 1. The molecule has 9 heteroatoms. The molecule has 216 valence electrons. The second-order valence-electron chi connectivity index (χ2n) is 11.3. The maximum Gasteiger partial charge on any atom is 0.326 e. The van der Waals surface area contributed by atoms with Crippen molar-refractivity contribution < 1.29 is 4.79 Å². The first-order chi connectivity index (χ1) is 20.9. The zero-order chi connectivity index (χ0) is 29.5. The van der Waals surface area contributed by atoms with E-state index in [0.29, 0.717) is 11.5 Å². The first-order valence-electron chi connectivity index (χ1n) is 14.7. The van der Waals surface area contributed by atoms with E-state index in [2.05, 4.69) is 62.8 Å². The van der Waals surface area contributed by atoms with Crippen LogP contribution in [0.4, 0.5) is 5.82 Å². The molecule has 3 aromatic heterocycles. The lowest BCUT2D eigenvalue weighted by Crippen LogP contribution is -2.36. The number of likely N-dealkylation sites (tertiary alicyclic amines) is 1. The Bertz CT molecular complexity index is 2000. The SMILES string of the molecule is CC(=O)Nc1nn(C)c2nc(-c3ccc(CN4CCC(n5c(=O)[nH]c6ccccc65)CC4)cc3)c(-c3ccccc3)cc12. The number of para-hydroxylation sites is 2. The molecule has 9 nitrogen and oxygen atoms in total. The van der Waals surface area contributed by atoms with Gasteiger partial charge in [0.1, 0.15) is 0 Å². The number of nitrogens with zero attached hydrogens (tertiary/aromatic N) is 5. The van der Waals surface area contributed by atoms with E-state index < -0.39 is 0 Å². The number of aryl methyl sites for hydroxylation is 1. The lowest BCUT2D eigenvalue weighted by Gasteiger charge is -2.32. The first kappa shape index (κ1) is 26.9. The molecular weight excluding hydrogens is 538 g/mol. The first-order valence-corrected chi connectivity index (χ1v) is 14.7. The van der Waals surface area contributed by atoms with Gasteiger partial charge in [-0.25, -0.2) is 14.5 Å². The fraction of sp³-hybridized carbons (Fsp3) is 0.235. The Morgan fingerprint density at radius 2 is 1.67 bits per heavy atom. The molecule has 0 radical (unpaired) electrons. The number of hydrogen-bond acceptors (Lipinski definition) is 5. The summed E-state index contributed by atoms with van der Waals surface area (Å²) in [6, 6.07) is 29.0. The van der Waals surface area contributed by atoms with Gasteiger partial charge in [0.15, 0.2) is 11.5 Å². The average Bonchev–Trinajstić information content (AvgIpc) is 3.52. The Balaban J connectivity index is 1.13. The second kappa shape index (κ2) is 11.0. The number of fused-ring (bicyclic) bond motifs is 2. The van der Waals surface area contributed by atoms with Gasteiger partial charge in [-0.3, -0.25) is 14.3 Å². The predicted octanol–water partition coefficient (Wildman–Crippen LogP) is 5.74. The number of rotatable bonds is 6. The molecule has 7 rings (SSSR count). The number of hydrogen-bond donors (Lipinski definition) is 2. The minimum Gasteiger partial charge on any atom is -0.309 e. The molecule has 0 unspecified atom stereocenters. The van der Waals surface area contributed by atoms with E-state index in [1.54, 1.807) is 4.68 Å². The number of nitrogens with one attached hydrogen (secondary N) is 2. The Hall–Kier alpha value is -5.02. The standard InChI is InChI=1S/C34H33N7O2/c1-22(42)35-32-28-20-27(24-8-4-3-5-9-24)31(37-33(28)39(2)38-32)25-14-12-23(13-15-25)21-40-18-16-26(17-19-40)41-30-11-7-6-10-29(30)36-34(41)43/h3-15,20,26H,16-19,21H2,1-2H3,(H,36,43)(H,35,38,42). The number of benzene rings is 3. The monoisotopic (exact) mass is 571 g/mol. The van der Waals surface area contributed by atoms with Gasteiger partial charge in [-0.05, 0) is 42.2 Å². The molecule has 6 aromatic rings. The summed E-state index contributed by atoms with van der Waals surface area (Å²) in [5, 5.41) is 8.16. The lowest BCUT2D eigenvalue weighted by atomic mass is 9.97. The van der Waals surface area contributed by atoms with Gasteiger partial charge in [-0.15, -0.1) is 0 Å². The Kier molecular flexibility index (Phi) is 6.87. The van der Waals surface area contributed by atoms with Crippen LogP contribution < -0.4 is 11.0 Å². The molecule has 1 aliphatic heterocycles. The van der Waals surface area contributed by atoms with Crippen molar-refractivity contribution in [3.05, 3.63) is 101 Å². The summed E-state index contributed by atoms with van der Waals surface area (Å²) in [6.45, 7) is 4.21. The molecule has 1 amide bonds. The van der Waals surface area contributed by atoms with E-state index in [1.807, 2.05) is 54.1 Å². The number of amides is 1. The summed E-state index contributed by atoms with van der Waals surface area (Å²) in [6.07, 6.45) is 1.88. The summed E-state index contributed by atoms with van der Waals surface area (Å²) in [4.78, 5) is 35.0. The Morgan fingerprint density at radius 1 is 0.953 bits per heavy atom. The van der Waals surface area contributed by atoms with Crippen LogP contribution in [0.15, 0.2) is 89.7 Å². The van der Waals surface area contributed by atoms with Crippen molar-refractivity contribution in [1.82, 2.24) is 29.2 Å². The molecular formula is C34H33N7O2. The van der Waals surface area contributed by atoms with Crippen molar-refractivity contribution in [3.63, 3.8) is 0 Å². The number of aromatic nitrogens is 5. The number of pyridine rings is 1. The van der Waals surface area contributed by atoms with Crippen LogP contribution in [-0.4, -0.2) is 48.2 Å². The highest BCUT2D eigenvalue weighted by atomic mass is 16.2. The molecule has 0 atom stereocenters. The van der Waals surface area contributed by atoms with Gasteiger partial charge in [-0.2, -0.15) is 5.10 Å². The second-order valence-corrected chi connectivity index (χ2v) is 11.3. The van der Waals surface area contributed by atoms with Crippen LogP contribution in [0, 0.1) is 0 Å². The fourth-order valence-electron chi connectivity index (χ4n) is 6.29. The highest BCUT2D eigenvalue weighted by molar-refractivity contribution is 6.01. The van der Waals surface area contributed by atoms with Crippen molar-refractivity contribution >= 4 is 33.8 Å². The highest BCUT2D eigenvalue weighted by Gasteiger charge is 2.24. The van der Waals surface area contributed by atoms with Crippen LogP contribution in [0.1, 0.15) is 31.4 Å². The third kappa shape index (κ3) is 5.12. The molecule has 1 saturated heterocycles. The molecule has 4 heterocycles. The summed E-state index contributed by atoms with van der Waals surface area (Å²) < 4.78 is 3.65. The van der Waals surface area contributed by atoms with Crippen LogP contribution >= 0.6 is 0 Å². The van der Waals surface area contributed by atoms with Crippen molar-refractivity contribution in [2.75, 3.05) is 18.4 Å². The number of piperidine rings is 1. The number of carbonyl (C=O) groups excluding carboxylic acids is 1. The molecule has 0 bridgehead atoms. The van der Waals surface area contributed by atoms with E-state index in [9.17, 15) is 9.59 Å². The van der Waals surface area contributed by atoms with Crippen LogP contribution in [0.5, 0.6) is 0 Å². The van der Waals surface area contributed by atoms with Gasteiger partial charge in [0.2, 0.25) is 5.91 Å². The molecule has 43 heavy (non-hydrogen) atoms. The molecule has 0 aliphatic carbocycles. The van der Waals surface area contributed by atoms with E-state index in [1.165, 1.54) is 12.5 Å². The van der Waals surface area contributed by atoms with Gasteiger partial charge in [0, 0.05) is 50.8 Å². The molecule has 1 aliphatic rings. The zero-order valence-corrected chi connectivity index (χ0v) is 24.2. The quantitative estimate of drug-likeness (QED) is 0.266. The maximum absolute atomic E-state index is 12.7. The minimum atomic E-state index is -0.169. The molecule has 1 fully saturated rings. The van der Waals surface area contributed by atoms with Gasteiger partial charge in [-0.1, -0.05) is 66.7 Å². The zero-order valence-electron chi connectivity index (χ0n) is 24.2. The van der Waals surface area contributed by atoms with E-state index >= 15 is 0 Å². The van der Waals surface area contributed by atoms with Gasteiger partial charge in [0.05, 0.1) is 22.1 Å². The summed E-state index contributed by atoms with van der Waals surface area (Å²) >= 11 is 0. The minimum absolute atomic E-state index is 0.0191. The fourth-order valence-corrected chi connectivity index (χ4v) is 6.29. The van der Waals surface area contributed by atoms with Gasteiger partial charge < -0.3 is 10.3 Å². The molecule has 0 saturated carbocycles. The highest BCUT2D eigenvalue weighted by Crippen LogP contribution is 2.36. The van der Waals surface area contributed by atoms with Crippen LogP contribution in [0.25, 0.3) is 44.5 Å². The summed E-state index contributed by atoms with van der Waals surface area (Å²) in [5.41, 5.74) is 7.73. The summed E-state index contributed by atoms with van der Waals surface area (Å²) in [7, 11) is 1.84. The largest absolute Gasteiger partial charge is 0.326 e. The summed E-state index contributed by atoms with van der Waals surface area (Å²) in [5.74, 6) is 0.340. The van der Waals surface area contributed by atoms with Crippen LogP contribution in [0.3, 0.4) is 0 Å².